The van der Waals surface area contributed by atoms with Crippen molar-refractivity contribution in [3.05, 3.63) is 60.0 Å². The molecule has 0 spiro atoms. The maximum Gasteiger partial charge on any atom is 0.323 e. The second kappa shape index (κ2) is 6.91. The number of urea groups is 1. The third kappa shape index (κ3) is 2.88. The summed E-state index contributed by atoms with van der Waals surface area (Å²) >= 11 is 0. The third-order valence-corrected chi connectivity index (χ3v) is 5.38. The van der Waals surface area contributed by atoms with Crippen LogP contribution in [0, 0.1) is 13.8 Å². The molecule has 30 heavy (non-hydrogen) atoms. The van der Waals surface area contributed by atoms with E-state index >= 15 is 0 Å². The van der Waals surface area contributed by atoms with Gasteiger partial charge in [0.05, 0.1) is 18.5 Å². The van der Waals surface area contributed by atoms with Crippen LogP contribution in [0.1, 0.15) is 11.3 Å². The Labute approximate surface area is 173 Å². The van der Waals surface area contributed by atoms with Gasteiger partial charge in [0.1, 0.15) is 11.4 Å². The van der Waals surface area contributed by atoms with E-state index in [-0.39, 0.29) is 6.03 Å². The first-order valence-corrected chi connectivity index (χ1v) is 9.80. The van der Waals surface area contributed by atoms with E-state index in [2.05, 4.69) is 21.9 Å². The summed E-state index contributed by atoms with van der Waals surface area (Å²) < 4.78 is 9.23. The molecule has 3 aromatic heterocycles. The highest BCUT2D eigenvalue weighted by atomic mass is 16.5. The molecule has 0 aliphatic carbocycles. The van der Waals surface area contributed by atoms with Crippen molar-refractivity contribution >= 4 is 22.9 Å². The van der Waals surface area contributed by atoms with Gasteiger partial charge in [-0.15, -0.1) is 5.10 Å². The Morgan fingerprint density at radius 1 is 1.07 bits per heavy atom. The third-order valence-electron chi connectivity index (χ3n) is 5.38. The zero-order chi connectivity index (χ0) is 20.8. The van der Waals surface area contributed by atoms with Crippen molar-refractivity contribution in [3.63, 3.8) is 0 Å². The summed E-state index contributed by atoms with van der Waals surface area (Å²) in [5.74, 6) is 1.46. The summed E-state index contributed by atoms with van der Waals surface area (Å²) in [6, 6.07) is 11.8. The second-order valence-corrected chi connectivity index (χ2v) is 7.36. The van der Waals surface area contributed by atoms with Crippen molar-refractivity contribution in [2.45, 2.75) is 13.8 Å². The molecule has 1 N–H and O–H groups in total. The van der Waals surface area contributed by atoms with Gasteiger partial charge in [0.15, 0.2) is 5.82 Å². The van der Waals surface area contributed by atoms with E-state index in [1.54, 1.807) is 12.0 Å². The van der Waals surface area contributed by atoms with E-state index in [0.29, 0.717) is 18.9 Å². The minimum atomic E-state index is -0.113. The van der Waals surface area contributed by atoms with Gasteiger partial charge in [0.2, 0.25) is 0 Å². The number of hydrogen-bond acceptors (Lipinski definition) is 4. The molecule has 0 saturated carbocycles. The maximum absolute atomic E-state index is 12.0. The van der Waals surface area contributed by atoms with Crippen LogP contribution in [0.25, 0.3) is 22.4 Å². The van der Waals surface area contributed by atoms with Gasteiger partial charge < -0.3 is 14.6 Å². The number of amides is 2. The van der Waals surface area contributed by atoms with E-state index in [0.717, 1.165) is 39.4 Å². The van der Waals surface area contributed by atoms with Crippen molar-refractivity contribution in [2.75, 3.05) is 25.1 Å². The molecule has 1 saturated heterocycles. The van der Waals surface area contributed by atoms with E-state index in [1.165, 1.54) is 0 Å². The highest BCUT2D eigenvalue weighted by Crippen LogP contribution is 2.29. The number of nitrogens with zero attached hydrogens (tertiary/aromatic N) is 5. The molecule has 0 radical (unpaired) electrons. The summed E-state index contributed by atoms with van der Waals surface area (Å²) in [6.07, 6.45) is 3.90. The van der Waals surface area contributed by atoms with Crippen molar-refractivity contribution in [2.24, 2.45) is 0 Å². The number of fused-ring (bicyclic) bond motifs is 1. The lowest BCUT2D eigenvalue weighted by atomic mass is 10.2. The van der Waals surface area contributed by atoms with Gasteiger partial charge in [0, 0.05) is 42.6 Å². The lowest BCUT2D eigenvalue weighted by Crippen LogP contribution is -2.28. The SMILES string of the molecule is COc1ccc(-n2ccc3c(-n4ccc(N5CCNC5=O)n4)cc(C)nc32)c(C)c1. The standard InChI is InChI=1S/C22H22N6O2/c1-14-12-16(30-3)4-5-18(14)26-9-6-17-19(13-15(2)24-21(17)26)28-10-7-20(25-28)27-11-8-23-22(27)29/h4-7,9-10,12-13H,8,11H2,1-3H3,(H,23,29). The Hall–Kier alpha value is -3.81. The number of carbonyl (C=O) groups excluding carboxylic acids is 1. The normalized spacial score (nSPS) is 13.8. The predicted octanol–water partition coefficient (Wildman–Crippen LogP) is 3.37. The van der Waals surface area contributed by atoms with Crippen LogP contribution in [0.3, 0.4) is 0 Å². The number of benzene rings is 1. The molecular weight excluding hydrogens is 380 g/mol. The molecule has 152 valence electrons. The number of aromatic nitrogens is 4. The summed E-state index contributed by atoms with van der Waals surface area (Å²) in [7, 11) is 1.67. The highest BCUT2D eigenvalue weighted by Gasteiger charge is 2.23. The number of methoxy groups -OCH3 is 1. The summed E-state index contributed by atoms with van der Waals surface area (Å²) in [5.41, 5.74) is 4.81. The van der Waals surface area contributed by atoms with Gasteiger partial charge in [0.25, 0.3) is 0 Å². The number of nitrogens with one attached hydrogen (secondary N) is 1. The van der Waals surface area contributed by atoms with Gasteiger partial charge in [-0.1, -0.05) is 0 Å². The van der Waals surface area contributed by atoms with Crippen molar-refractivity contribution in [3.8, 4) is 17.1 Å². The Balaban J connectivity index is 1.62. The Morgan fingerprint density at radius 2 is 1.93 bits per heavy atom. The van der Waals surface area contributed by atoms with Gasteiger partial charge in [-0.05, 0) is 49.7 Å². The van der Waals surface area contributed by atoms with Crippen LogP contribution < -0.4 is 15.0 Å². The molecule has 0 bridgehead atoms. The first-order chi connectivity index (χ1) is 14.5. The van der Waals surface area contributed by atoms with E-state index in [1.807, 2.05) is 60.4 Å². The summed E-state index contributed by atoms with van der Waals surface area (Å²) in [4.78, 5) is 18.4. The average molecular weight is 402 g/mol. The number of anilines is 1. The van der Waals surface area contributed by atoms with Crippen molar-refractivity contribution in [1.29, 1.82) is 0 Å². The van der Waals surface area contributed by atoms with Gasteiger partial charge >= 0.3 is 6.03 Å². The smallest absolute Gasteiger partial charge is 0.323 e. The monoisotopic (exact) mass is 402 g/mol. The molecule has 1 aliphatic rings. The first-order valence-electron chi connectivity index (χ1n) is 9.80. The van der Waals surface area contributed by atoms with Crippen LogP contribution in [0.2, 0.25) is 0 Å². The van der Waals surface area contributed by atoms with Crippen LogP contribution >= 0.6 is 0 Å². The van der Waals surface area contributed by atoms with Gasteiger partial charge in [-0.2, -0.15) is 0 Å². The Kier molecular flexibility index (Phi) is 4.20. The minimum absolute atomic E-state index is 0.113. The lowest BCUT2D eigenvalue weighted by Gasteiger charge is -2.12. The fraction of sp³-hybridized carbons (Fsp3) is 0.227. The molecule has 1 fully saturated rings. The fourth-order valence-corrected chi connectivity index (χ4v) is 3.90. The zero-order valence-electron chi connectivity index (χ0n) is 17.1. The lowest BCUT2D eigenvalue weighted by molar-refractivity contribution is 0.252. The van der Waals surface area contributed by atoms with Crippen LogP contribution in [-0.4, -0.2) is 45.6 Å². The number of rotatable bonds is 4. The average Bonchev–Trinajstić information content (AvgIpc) is 3.46. The topological polar surface area (TPSA) is 77.2 Å². The molecule has 2 amide bonds. The van der Waals surface area contributed by atoms with Gasteiger partial charge in [-0.3, -0.25) is 4.90 Å². The highest BCUT2D eigenvalue weighted by molar-refractivity contribution is 5.93. The van der Waals surface area contributed by atoms with Gasteiger partial charge in [-0.25, -0.2) is 14.5 Å². The minimum Gasteiger partial charge on any atom is -0.497 e. The van der Waals surface area contributed by atoms with Crippen LogP contribution in [0.4, 0.5) is 10.6 Å². The van der Waals surface area contributed by atoms with E-state index in [9.17, 15) is 4.79 Å². The molecule has 0 atom stereocenters. The van der Waals surface area contributed by atoms with Crippen molar-refractivity contribution in [1.82, 2.24) is 24.6 Å². The van der Waals surface area contributed by atoms with Crippen molar-refractivity contribution < 1.29 is 9.53 Å². The molecule has 4 aromatic rings. The summed E-state index contributed by atoms with van der Waals surface area (Å²) in [6.45, 7) is 5.28. The number of hydrogen-bond donors (Lipinski definition) is 1. The van der Waals surface area contributed by atoms with E-state index in [4.69, 9.17) is 9.72 Å². The predicted molar refractivity (Wildman–Crippen MR) is 115 cm³/mol. The number of pyridine rings is 1. The first kappa shape index (κ1) is 18.2. The Bertz CT molecular complexity index is 1270. The molecule has 8 nitrogen and oxygen atoms in total. The van der Waals surface area contributed by atoms with Crippen LogP contribution in [-0.2, 0) is 0 Å². The molecule has 1 aromatic carbocycles. The Morgan fingerprint density at radius 3 is 2.67 bits per heavy atom. The molecule has 1 aliphatic heterocycles. The second-order valence-electron chi connectivity index (χ2n) is 7.36. The zero-order valence-corrected chi connectivity index (χ0v) is 17.1. The quantitative estimate of drug-likeness (QED) is 0.568. The molecule has 4 heterocycles. The van der Waals surface area contributed by atoms with Crippen LogP contribution in [0.15, 0.2) is 48.8 Å². The number of aryl methyl sites for hydroxylation is 2. The fourth-order valence-electron chi connectivity index (χ4n) is 3.90. The molecule has 5 rings (SSSR count). The maximum atomic E-state index is 12.0. The number of ether oxygens (including phenoxy) is 1. The molecule has 0 unspecified atom stereocenters. The summed E-state index contributed by atoms with van der Waals surface area (Å²) in [5, 5.41) is 8.44. The molecular formula is C22H22N6O2. The number of carbonyl (C=O) groups is 1. The van der Waals surface area contributed by atoms with Crippen LogP contribution in [0.5, 0.6) is 5.75 Å². The molecule has 8 heteroatoms. The van der Waals surface area contributed by atoms with E-state index < -0.39 is 0 Å². The largest absolute Gasteiger partial charge is 0.497 e.